The summed E-state index contributed by atoms with van der Waals surface area (Å²) in [6.45, 7) is 1.95. The molecule has 0 saturated carbocycles. The molecule has 2 aromatic rings. The first-order valence-electron chi connectivity index (χ1n) is 5.62. The molecule has 0 spiro atoms. The fraction of sp³-hybridized carbons (Fsp3) is 0.417. The number of rotatable bonds is 5. The molecule has 2 rings (SSSR count). The molecule has 0 aliphatic rings. The van der Waals surface area contributed by atoms with E-state index in [-0.39, 0.29) is 5.88 Å². The molecule has 18 heavy (non-hydrogen) atoms. The van der Waals surface area contributed by atoms with E-state index in [0.29, 0.717) is 29.2 Å². The first-order valence-corrected chi connectivity index (χ1v) is 6.15. The topological polar surface area (TPSA) is 27.1 Å². The Hall–Kier alpha value is -1.36. The third kappa shape index (κ3) is 2.41. The van der Waals surface area contributed by atoms with Crippen molar-refractivity contribution in [2.45, 2.75) is 25.8 Å². The Balaban J connectivity index is 2.57. The lowest BCUT2D eigenvalue weighted by atomic mass is 10.3. The third-order valence-corrected chi connectivity index (χ3v) is 2.80. The average molecular weight is 275 g/mol. The van der Waals surface area contributed by atoms with Gasteiger partial charge in [0.1, 0.15) is 17.1 Å². The van der Waals surface area contributed by atoms with E-state index < -0.39 is 13.0 Å². The first-order chi connectivity index (χ1) is 8.67. The van der Waals surface area contributed by atoms with Gasteiger partial charge >= 0.3 is 0 Å². The summed E-state index contributed by atoms with van der Waals surface area (Å²) in [5, 5.41) is 0. The fourth-order valence-electron chi connectivity index (χ4n) is 1.89. The minimum Gasteiger partial charge on any atom is -0.492 e. The summed E-state index contributed by atoms with van der Waals surface area (Å²) in [6.07, 6.45) is -2.44. The third-order valence-electron chi connectivity index (χ3n) is 2.56. The first kappa shape index (κ1) is 13.1. The number of hydrogen-bond donors (Lipinski definition) is 0. The van der Waals surface area contributed by atoms with Gasteiger partial charge in [-0.3, -0.25) is 0 Å². The molecule has 0 radical (unpaired) electrons. The van der Waals surface area contributed by atoms with Crippen molar-refractivity contribution in [3.8, 4) is 5.75 Å². The second-order valence-electron chi connectivity index (χ2n) is 3.72. The van der Waals surface area contributed by atoms with E-state index in [1.165, 1.54) is 4.57 Å². The molecule has 0 fully saturated rings. The van der Waals surface area contributed by atoms with Crippen LogP contribution in [0.25, 0.3) is 11.0 Å². The molecule has 0 bridgehead atoms. The van der Waals surface area contributed by atoms with Gasteiger partial charge < -0.3 is 9.30 Å². The lowest BCUT2D eigenvalue weighted by molar-refractivity contribution is 0.127. The SMILES string of the molecule is CCOc1cccc2c1nc(CCl)n2CC(F)F. The number of ether oxygens (including phenoxy) is 1. The second kappa shape index (κ2) is 5.52. The highest BCUT2D eigenvalue weighted by Crippen LogP contribution is 2.27. The number of aromatic nitrogens is 2. The average Bonchev–Trinajstić information content (AvgIpc) is 2.68. The molecule has 98 valence electrons. The van der Waals surface area contributed by atoms with E-state index in [2.05, 4.69) is 4.98 Å². The van der Waals surface area contributed by atoms with Crippen LogP contribution in [0.2, 0.25) is 0 Å². The minimum absolute atomic E-state index is 0.0902. The molecule has 1 heterocycles. The van der Waals surface area contributed by atoms with Crippen LogP contribution >= 0.6 is 11.6 Å². The van der Waals surface area contributed by atoms with E-state index in [0.717, 1.165) is 0 Å². The van der Waals surface area contributed by atoms with Crippen molar-refractivity contribution < 1.29 is 13.5 Å². The number of fused-ring (bicyclic) bond motifs is 1. The zero-order chi connectivity index (χ0) is 13.1. The largest absolute Gasteiger partial charge is 0.492 e. The standard InChI is InChI=1S/C12H13ClF2N2O/c1-2-18-9-5-3-4-8-12(9)16-11(6-13)17(8)7-10(14)15/h3-5,10H,2,6-7H2,1H3. The lowest BCUT2D eigenvalue weighted by Gasteiger charge is -2.07. The maximum absolute atomic E-state index is 12.6. The van der Waals surface area contributed by atoms with Crippen LogP contribution in [0.1, 0.15) is 12.7 Å². The van der Waals surface area contributed by atoms with Gasteiger partial charge in [-0.15, -0.1) is 11.6 Å². The molecule has 0 atom stereocenters. The zero-order valence-corrected chi connectivity index (χ0v) is 10.6. The number of halogens is 3. The molecule has 0 unspecified atom stereocenters. The van der Waals surface area contributed by atoms with E-state index in [9.17, 15) is 8.78 Å². The minimum atomic E-state index is -2.44. The van der Waals surface area contributed by atoms with E-state index in [1.54, 1.807) is 18.2 Å². The zero-order valence-electron chi connectivity index (χ0n) is 9.87. The molecule has 1 aromatic carbocycles. The summed E-state index contributed by atoms with van der Waals surface area (Å²) in [4.78, 5) is 4.28. The van der Waals surface area contributed by atoms with Gasteiger partial charge in [0, 0.05) is 0 Å². The number of nitrogens with zero attached hydrogens (tertiary/aromatic N) is 2. The van der Waals surface area contributed by atoms with Gasteiger partial charge in [-0.25, -0.2) is 13.8 Å². The van der Waals surface area contributed by atoms with Gasteiger partial charge in [0.2, 0.25) is 0 Å². The van der Waals surface area contributed by atoms with Crippen LogP contribution in [0, 0.1) is 0 Å². The Bertz CT molecular complexity index is 542. The summed E-state index contributed by atoms with van der Waals surface area (Å²) in [5.41, 5.74) is 1.20. The summed E-state index contributed by atoms with van der Waals surface area (Å²) < 4.78 is 32.0. The highest BCUT2D eigenvalue weighted by molar-refractivity contribution is 6.16. The van der Waals surface area contributed by atoms with E-state index in [1.807, 2.05) is 6.92 Å². The molecule has 0 N–H and O–H groups in total. The lowest BCUT2D eigenvalue weighted by Crippen LogP contribution is -2.09. The summed E-state index contributed by atoms with van der Waals surface area (Å²) in [7, 11) is 0. The highest BCUT2D eigenvalue weighted by atomic mass is 35.5. The summed E-state index contributed by atoms with van der Waals surface area (Å²) >= 11 is 5.75. The molecule has 1 aromatic heterocycles. The molecule has 6 heteroatoms. The van der Waals surface area contributed by atoms with Crippen LogP contribution in [0.4, 0.5) is 8.78 Å². The van der Waals surface area contributed by atoms with Gasteiger partial charge in [-0.2, -0.15) is 0 Å². The smallest absolute Gasteiger partial charge is 0.256 e. The Morgan fingerprint density at radius 3 is 2.83 bits per heavy atom. The van der Waals surface area contributed by atoms with Crippen LogP contribution in [0.3, 0.4) is 0 Å². The van der Waals surface area contributed by atoms with Gasteiger partial charge in [0.25, 0.3) is 6.43 Å². The Labute approximate surface area is 108 Å². The van der Waals surface area contributed by atoms with Crippen LogP contribution in [-0.2, 0) is 12.4 Å². The fourth-order valence-corrected chi connectivity index (χ4v) is 2.09. The molecule has 0 aliphatic heterocycles. The number of alkyl halides is 3. The van der Waals surface area contributed by atoms with Crippen LogP contribution in [-0.4, -0.2) is 22.6 Å². The Morgan fingerprint density at radius 1 is 1.44 bits per heavy atom. The highest BCUT2D eigenvalue weighted by Gasteiger charge is 2.16. The molecular formula is C12H13ClF2N2O. The molecule has 0 saturated heterocycles. The molecular weight excluding hydrogens is 262 g/mol. The maximum Gasteiger partial charge on any atom is 0.256 e. The normalized spacial score (nSPS) is 11.4. The van der Waals surface area contributed by atoms with Crippen molar-refractivity contribution in [2.24, 2.45) is 0 Å². The van der Waals surface area contributed by atoms with Crippen molar-refractivity contribution >= 4 is 22.6 Å². The van der Waals surface area contributed by atoms with Crippen LogP contribution in [0.15, 0.2) is 18.2 Å². The maximum atomic E-state index is 12.6. The molecule has 0 aliphatic carbocycles. The summed E-state index contributed by atoms with van der Waals surface area (Å²) in [6, 6.07) is 5.27. The number of benzene rings is 1. The van der Waals surface area contributed by atoms with Crippen LogP contribution < -0.4 is 4.74 Å². The van der Waals surface area contributed by atoms with Crippen molar-refractivity contribution in [3.63, 3.8) is 0 Å². The van der Waals surface area contributed by atoms with Gasteiger partial charge in [0.05, 0.1) is 24.5 Å². The van der Waals surface area contributed by atoms with Crippen LogP contribution in [0.5, 0.6) is 5.75 Å². The predicted octanol–water partition coefficient (Wildman–Crippen LogP) is 3.44. The Morgan fingerprint density at radius 2 is 2.22 bits per heavy atom. The van der Waals surface area contributed by atoms with E-state index >= 15 is 0 Å². The van der Waals surface area contributed by atoms with Gasteiger partial charge in [0.15, 0.2) is 0 Å². The molecule has 3 nitrogen and oxygen atoms in total. The monoisotopic (exact) mass is 274 g/mol. The molecule has 0 amide bonds. The number of imidazole rings is 1. The predicted molar refractivity (Wildman–Crippen MR) is 66.5 cm³/mol. The van der Waals surface area contributed by atoms with Gasteiger partial charge in [-0.1, -0.05) is 6.07 Å². The number of para-hydroxylation sites is 1. The second-order valence-corrected chi connectivity index (χ2v) is 3.99. The van der Waals surface area contributed by atoms with Crippen molar-refractivity contribution in [1.29, 1.82) is 0 Å². The van der Waals surface area contributed by atoms with Crippen molar-refractivity contribution in [1.82, 2.24) is 9.55 Å². The summed E-state index contributed by atoms with van der Waals surface area (Å²) in [5.74, 6) is 1.11. The van der Waals surface area contributed by atoms with E-state index in [4.69, 9.17) is 16.3 Å². The van der Waals surface area contributed by atoms with Crippen molar-refractivity contribution in [3.05, 3.63) is 24.0 Å². The number of hydrogen-bond acceptors (Lipinski definition) is 2. The van der Waals surface area contributed by atoms with Crippen molar-refractivity contribution in [2.75, 3.05) is 6.61 Å². The Kier molecular flexibility index (Phi) is 4.01. The van der Waals surface area contributed by atoms with Gasteiger partial charge in [-0.05, 0) is 19.1 Å². The quantitative estimate of drug-likeness (QED) is 0.781.